The minimum atomic E-state index is -0.891. The summed E-state index contributed by atoms with van der Waals surface area (Å²) in [5, 5.41) is 17.4. The van der Waals surface area contributed by atoms with Crippen molar-refractivity contribution >= 4 is 11.7 Å². The second-order valence-electron chi connectivity index (χ2n) is 5.24. The molecule has 5 nitrogen and oxygen atoms in total. The Labute approximate surface area is 115 Å². The van der Waals surface area contributed by atoms with Gasteiger partial charge in [-0.3, -0.25) is 9.48 Å². The molecule has 19 heavy (non-hydrogen) atoms. The molecule has 2 N–H and O–H groups in total. The van der Waals surface area contributed by atoms with Crippen LogP contribution in [0.5, 0.6) is 0 Å². The minimum absolute atomic E-state index is 0.129. The zero-order valence-corrected chi connectivity index (χ0v) is 12.4. The molecule has 0 aliphatic carbocycles. The molecule has 1 aromatic heterocycles. The molecule has 1 rings (SSSR count). The number of nitrogens with zero attached hydrogens (tertiary/aromatic N) is 2. The van der Waals surface area contributed by atoms with Gasteiger partial charge in [-0.25, -0.2) is 0 Å². The lowest BCUT2D eigenvalue weighted by Crippen LogP contribution is -2.33. The van der Waals surface area contributed by atoms with Gasteiger partial charge in [0.05, 0.1) is 12.0 Å². The molecule has 108 valence electrons. The highest BCUT2D eigenvalue weighted by molar-refractivity contribution is 5.90. The van der Waals surface area contributed by atoms with E-state index in [4.69, 9.17) is 0 Å². The summed E-state index contributed by atoms with van der Waals surface area (Å²) in [7, 11) is 1.83. The van der Waals surface area contributed by atoms with Crippen LogP contribution >= 0.6 is 0 Å². The second-order valence-corrected chi connectivity index (χ2v) is 5.24. The van der Waals surface area contributed by atoms with Gasteiger partial charge in [0.2, 0.25) is 5.91 Å². The van der Waals surface area contributed by atoms with E-state index in [1.807, 2.05) is 33.9 Å². The Bertz CT molecular complexity index is 401. The SMILES string of the molecule is CCCC(O)(CCC)CC(=O)Nc1cc(C)n(C)n1. The van der Waals surface area contributed by atoms with Gasteiger partial charge in [0.15, 0.2) is 5.82 Å². The van der Waals surface area contributed by atoms with E-state index in [0.29, 0.717) is 18.7 Å². The van der Waals surface area contributed by atoms with Gasteiger partial charge in [0.25, 0.3) is 0 Å². The maximum atomic E-state index is 12.0. The Morgan fingerprint density at radius 1 is 1.42 bits per heavy atom. The van der Waals surface area contributed by atoms with Crippen LogP contribution in [0.2, 0.25) is 0 Å². The van der Waals surface area contributed by atoms with Crippen molar-refractivity contribution in [2.45, 2.75) is 58.5 Å². The van der Waals surface area contributed by atoms with Gasteiger partial charge in [-0.05, 0) is 19.8 Å². The summed E-state index contributed by atoms with van der Waals surface area (Å²) in [5.74, 6) is 0.364. The zero-order chi connectivity index (χ0) is 14.5. The number of rotatable bonds is 7. The summed E-state index contributed by atoms with van der Waals surface area (Å²) in [6, 6.07) is 1.82. The molecule has 0 saturated carbocycles. The average Bonchev–Trinajstić information content (AvgIpc) is 2.57. The van der Waals surface area contributed by atoms with Crippen LogP contribution in [0, 0.1) is 6.92 Å². The van der Waals surface area contributed by atoms with E-state index in [1.165, 1.54) is 0 Å². The molecule has 0 atom stereocenters. The van der Waals surface area contributed by atoms with E-state index in [0.717, 1.165) is 18.5 Å². The maximum Gasteiger partial charge on any atom is 0.228 e. The number of carbonyl (C=O) groups excluding carboxylic acids is 1. The Morgan fingerprint density at radius 3 is 2.42 bits per heavy atom. The number of hydrogen-bond donors (Lipinski definition) is 2. The monoisotopic (exact) mass is 267 g/mol. The molecular formula is C14H25N3O2. The number of anilines is 1. The molecule has 0 aromatic carbocycles. The lowest BCUT2D eigenvalue weighted by molar-refractivity contribution is -0.121. The molecule has 0 radical (unpaired) electrons. The molecule has 0 unspecified atom stereocenters. The molecule has 0 saturated heterocycles. The van der Waals surface area contributed by atoms with Crippen LogP contribution in [0.1, 0.15) is 51.6 Å². The van der Waals surface area contributed by atoms with E-state index in [-0.39, 0.29) is 12.3 Å². The third-order valence-electron chi connectivity index (χ3n) is 3.30. The summed E-state index contributed by atoms with van der Waals surface area (Å²) in [6.45, 7) is 5.95. The predicted molar refractivity (Wildman–Crippen MR) is 76.0 cm³/mol. The first-order valence-electron chi connectivity index (χ1n) is 6.93. The number of aryl methyl sites for hydroxylation is 2. The molecule has 1 aromatic rings. The van der Waals surface area contributed by atoms with E-state index in [1.54, 1.807) is 4.68 Å². The summed E-state index contributed by atoms with van der Waals surface area (Å²) < 4.78 is 1.71. The molecule has 5 heteroatoms. The highest BCUT2D eigenvalue weighted by Crippen LogP contribution is 2.24. The summed E-state index contributed by atoms with van der Waals surface area (Å²) in [5.41, 5.74) is 0.0879. The van der Waals surface area contributed by atoms with Gasteiger partial charge in [0.1, 0.15) is 0 Å². The van der Waals surface area contributed by atoms with Crippen molar-refractivity contribution < 1.29 is 9.90 Å². The normalized spacial score (nSPS) is 11.6. The maximum absolute atomic E-state index is 12.0. The fourth-order valence-electron chi connectivity index (χ4n) is 2.34. The molecule has 0 fully saturated rings. The van der Waals surface area contributed by atoms with E-state index in [2.05, 4.69) is 10.4 Å². The quantitative estimate of drug-likeness (QED) is 0.797. The standard InChI is InChI=1S/C14H25N3O2/c1-5-7-14(19,8-6-2)10-13(18)15-12-9-11(3)17(4)16-12/h9,19H,5-8,10H2,1-4H3,(H,15,16,18). The van der Waals surface area contributed by atoms with Crippen molar-refractivity contribution in [2.24, 2.45) is 7.05 Å². The first-order chi connectivity index (χ1) is 8.90. The van der Waals surface area contributed by atoms with Crippen molar-refractivity contribution in [1.82, 2.24) is 9.78 Å². The largest absolute Gasteiger partial charge is 0.389 e. The van der Waals surface area contributed by atoms with Crippen LogP contribution in [0.3, 0.4) is 0 Å². The van der Waals surface area contributed by atoms with E-state index < -0.39 is 5.60 Å². The Hall–Kier alpha value is -1.36. The van der Waals surface area contributed by atoms with Gasteiger partial charge in [-0.2, -0.15) is 5.10 Å². The van der Waals surface area contributed by atoms with Crippen LogP contribution in [0.4, 0.5) is 5.82 Å². The first kappa shape index (κ1) is 15.7. The van der Waals surface area contributed by atoms with Gasteiger partial charge < -0.3 is 10.4 Å². The third kappa shape index (κ3) is 4.67. The van der Waals surface area contributed by atoms with Crippen molar-refractivity contribution in [2.75, 3.05) is 5.32 Å². The van der Waals surface area contributed by atoms with Crippen LogP contribution in [0.25, 0.3) is 0 Å². The highest BCUT2D eigenvalue weighted by Gasteiger charge is 2.28. The summed E-state index contributed by atoms with van der Waals surface area (Å²) in [4.78, 5) is 12.0. The smallest absolute Gasteiger partial charge is 0.228 e. The first-order valence-corrected chi connectivity index (χ1v) is 6.93. The highest BCUT2D eigenvalue weighted by atomic mass is 16.3. The van der Waals surface area contributed by atoms with Gasteiger partial charge >= 0.3 is 0 Å². The third-order valence-corrected chi connectivity index (χ3v) is 3.30. The molecular weight excluding hydrogens is 242 g/mol. The van der Waals surface area contributed by atoms with E-state index >= 15 is 0 Å². The average molecular weight is 267 g/mol. The lowest BCUT2D eigenvalue weighted by atomic mass is 9.89. The molecule has 0 aliphatic rings. The lowest BCUT2D eigenvalue weighted by Gasteiger charge is -2.26. The van der Waals surface area contributed by atoms with Crippen molar-refractivity contribution in [3.63, 3.8) is 0 Å². The molecule has 1 heterocycles. The van der Waals surface area contributed by atoms with Gasteiger partial charge in [-0.1, -0.05) is 26.7 Å². The number of amides is 1. The van der Waals surface area contributed by atoms with Gasteiger partial charge in [0, 0.05) is 18.8 Å². The number of aliphatic hydroxyl groups is 1. The Kier molecular flexibility index (Phi) is 5.54. The predicted octanol–water partition coefficient (Wildman–Crippen LogP) is 2.39. The second kappa shape index (κ2) is 6.70. The number of nitrogens with one attached hydrogen (secondary N) is 1. The van der Waals surface area contributed by atoms with Crippen LogP contribution < -0.4 is 5.32 Å². The zero-order valence-electron chi connectivity index (χ0n) is 12.4. The van der Waals surface area contributed by atoms with E-state index in [9.17, 15) is 9.90 Å². The fraction of sp³-hybridized carbons (Fsp3) is 0.714. The van der Waals surface area contributed by atoms with Crippen LogP contribution in [-0.4, -0.2) is 26.4 Å². The summed E-state index contributed by atoms with van der Waals surface area (Å²) in [6.07, 6.45) is 3.16. The molecule has 0 aliphatic heterocycles. The Morgan fingerprint density at radius 2 is 2.00 bits per heavy atom. The fourth-order valence-corrected chi connectivity index (χ4v) is 2.34. The van der Waals surface area contributed by atoms with Crippen molar-refractivity contribution in [3.05, 3.63) is 11.8 Å². The van der Waals surface area contributed by atoms with Crippen LogP contribution in [-0.2, 0) is 11.8 Å². The minimum Gasteiger partial charge on any atom is -0.389 e. The number of hydrogen-bond acceptors (Lipinski definition) is 3. The molecule has 1 amide bonds. The van der Waals surface area contributed by atoms with Crippen molar-refractivity contribution in [1.29, 1.82) is 0 Å². The number of aromatic nitrogens is 2. The summed E-state index contributed by atoms with van der Waals surface area (Å²) >= 11 is 0. The molecule has 0 spiro atoms. The topological polar surface area (TPSA) is 67.2 Å². The van der Waals surface area contributed by atoms with Crippen LogP contribution in [0.15, 0.2) is 6.07 Å². The molecule has 0 bridgehead atoms. The number of carbonyl (C=O) groups is 1. The van der Waals surface area contributed by atoms with Crippen molar-refractivity contribution in [3.8, 4) is 0 Å². The Balaban J connectivity index is 2.62. The van der Waals surface area contributed by atoms with Gasteiger partial charge in [-0.15, -0.1) is 0 Å².